The van der Waals surface area contributed by atoms with Gasteiger partial charge in [0, 0.05) is 0 Å². The van der Waals surface area contributed by atoms with Gasteiger partial charge in [-0.1, -0.05) is 24.6 Å². The van der Waals surface area contributed by atoms with Gasteiger partial charge in [-0.25, -0.2) is 0 Å². The van der Waals surface area contributed by atoms with Gasteiger partial charge in [-0.3, -0.25) is 0 Å². The molecule has 0 saturated heterocycles. The van der Waals surface area contributed by atoms with Crippen LogP contribution in [0.25, 0.3) is 0 Å². The van der Waals surface area contributed by atoms with Gasteiger partial charge in [-0.05, 0) is 85.5 Å². The van der Waals surface area contributed by atoms with Crippen molar-refractivity contribution in [1.82, 2.24) is 0 Å². The summed E-state index contributed by atoms with van der Waals surface area (Å²) < 4.78 is 0. The number of aliphatic hydroxyl groups excluding tert-OH is 1. The molecule has 0 spiro atoms. The molecule has 3 aliphatic rings. The number of rotatable bonds is 0. The van der Waals surface area contributed by atoms with Gasteiger partial charge in [-0.2, -0.15) is 0 Å². The van der Waals surface area contributed by atoms with Crippen molar-refractivity contribution >= 4 is 0 Å². The van der Waals surface area contributed by atoms with Gasteiger partial charge in [0.1, 0.15) is 5.75 Å². The first kappa shape index (κ1) is 14.3. The number of fused-ring (bicyclic) bond motifs is 5. The molecule has 0 aliphatic heterocycles. The Labute approximate surface area is 132 Å². The average molecular weight is 298 g/mol. The fourth-order valence-electron chi connectivity index (χ4n) is 5.90. The van der Waals surface area contributed by atoms with Crippen LogP contribution in [0, 0.1) is 17.3 Å². The molecule has 1 aromatic carbocycles. The van der Waals surface area contributed by atoms with E-state index in [1.165, 1.54) is 31.2 Å². The Morgan fingerprint density at radius 1 is 1.23 bits per heavy atom. The van der Waals surface area contributed by atoms with E-state index >= 15 is 0 Å². The van der Waals surface area contributed by atoms with E-state index in [1.54, 1.807) is 17.7 Å². The highest BCUT2D eigenvalue weighted by atomic mass is 16.3. The minimum absolute atomic E-state index is 0.272. The van der Waals surface area contributed by atoms with Crippen LogP contribution in [-0.2, 0) is 0 Å². The Bertz CT molecular complexity index is 633. The second-order valence-electron chi connectivity index (χ2n) is 7.75. The fraction of sp³-hybridized carbons (Fsp3) is 0.600. The van der Waals surface area contributed by atoms with Crippen LogP contribution < -0.4 is 0 Å². The summed E-state index contributed by atoms with van der Waals surface area (Å²) in [6, 6.07) is 5.61. The van der Waals surface area contributed by atoms with E-state index in [1.807, 2.05) is 0 Å². The second-order valence-corrected chi connectivity index (χ2v) is 7.75. The van der Waals surface area contributed by atoms with E-state index in [4.69, 9.17) is 0 Å². The van der Waals surface area contributed by atoms with E-state index in [0.717, 1.165) is 12.0 Å². The van der Waals surface area contributed by atoms with E-state index in [9.17, 15) is 10.2 Å². The third-order valence-electron chi connectivity index (χ3n) is 6.96. The Balaban J connectivity index is 1.75. The average Bonchev–Trinajstić information content (AvgIpc) is 2.84. The van der Waals surface area contributed by atoms with Gasteiger partial charge in [0.25, 0.3) is 0 Å². The largest absolute Gasteiger partial charge is 0.508 e. The number of phenols is 1. The molecule has 5 atom stereocenters. The zero-order valence-corrected chi connectivity index (χ0v) is 13.5. The Morgan fingerprint density at radius 2 is 2.05 bits per heavy atom. The fourth-order valence-corrected chi connectivity index (χ4v) is 5.90. The molecule has 2 nitrogen and oxygen atoms in total. The monoisotopic (exact) mass is 298 g/mol. The molecule has 2 saturated carbocycles. The minimum Gasteiger partial charge on any atom is -0.508 e. The molecule has 0 radical (unpaired) electrons. The lowest BCUT2D eigenvalue weighted by atomic mass is 9.54. The summed E-state index contributed by atoms with van der Waals surface area (Å²) in [5, 5.41) is 20.4. The second kappa shape index (κ2) is 4.86. The molecule has 4 rings (SSSR count). The highest BCUT2D eigenvalue weighted by Gasteiger charge is 2.53. The Morgan fingerprint density at radius 3 is 2.82 bits per heavy atom. The lowest BCUT2D eigenvalue weighted by Gasteiger charge is -2.50. The lowest BCUT2D eigenvalue weighted by Crippen LogP contribution is -2.41. The summed E-state index contributed by atoms with van der Waals surface area (Å²) in [5.41, 5.74) is 4.25. The molecule has 2 heteroatoms. The summed E-state index contributed by atoms with van der Waals surface area (Å²) >= 11 is 0. The summed E-state index contributed by atoms with van der Waals surface area (Å²) in [6.45, 7) is 4.64. The van der Waals surface area contributed by atoms with Crippen LogP contribution in [-0.4, -0.2) is 10.2 Å². The van der Waals surface area contributed by atoms with Crippen LogP contribution in [0.5, 0.6) is 5.75 Å². The van der Waals surface area contributed by atoms with Crippen molar-refractivity contribution in [2.75, 3.05) is 0 Å². The molecule has 1 aromatic rings. The third kappa shape index (κ3) is 1.83. The van der Waals surface area contributed by atoms with Crippen LogP contribution in [0.1, 0.15) is 69.1 Å². The van der Waals surface area contributed by atoms with Crippen LogP contribution in [0.4, 0.5) is 0 Å². The molecule has 2 N–H and O–H groups in total. The van der Waals surface area contributed by atoms with Crippen molar-refractivity contribution in [3.05, 3.63) is 41.0 Å². The predicted octanol–water partition coefficient (Wildman–Crippen LogP) is 4.69. The van der Waals surface area contributed by atoms with E-state index < -0.39 is 6.10 Å². The van der Waals surface area contributed by atoms with Gasteiger partial charge >= 0.3 is 0 Å². The van der Waals surface area contributed by atoms with Crippen LogP contribution in [0.15, 0.2) is 29.8 Å². The van der Waals surface area contributed by atoms with Crippen LogP contribution in [0.2, 0.25) is 0 Å². The maximum absolute atomic E-state index is 10.6. The van der Waals surface area contributed by atoms with Crippen molar-refractivity contribution in [2.45, 2.75) is 58.0 Å². The molecule has 0 heterocycles. The highest BCUT2D eigenvalue weighted by molar-refractivity contribution is 5.42. The molecule has 1 unspecified atom stereocenters. The van der Waals surface area contributed by atoms with Crippen LogP contribution in [0.3, 0.4) is 0 Å². The number of benzene rings is 1. The zero-order chi connectivity index (χ0) is 15.5. The van der Waals surface area contributed by atoms with Gasteiger partial charge in [-0.15, -0.1) is 0 Å². The number of hydrogen-bond donors (Lipinski definition) is 2. The van der Waals surface area contributed by atoms with Gasteiger partial charge in [0.05, 0.1) is 6.10 Å². The number of aromatic hydroxyl groups is 1. The Hall–Kier alpha value is -1.28. The van der Waals surface area contributed by atoms with Crippen molar-refractivity contribution in [1.29, 1.82) is 0 Å². The molecule has 0 aromatic heterocycles. The Kier molecular flexibility index (Phi) is 3.16. The highest BCUT2D eigenvalue weighted by Crippen LogP contribution is 2.63. The SMILES string of the molecule is CC=C1CC[C@H]2[C@@H]3CC(O)c4cc(O)ccc4[C@H]3CC[C@]12C. The van der Waals surface area contributed by atoms with Crippen molar-refractivity contribution < 1.29 is 10.2 Å². The molecule has 0 bridgehead atoms. The molecule has 0 amide bonds. The summed E-state index contributed by atoms with van der Waals surface area (Å²) in [7, 11) is 0. The number of hydrogen-bond acceptors (Lipinski definition) is 2. The number of phenolic OH excluding ortho intramolecular Hbond substituents is 1. The number of allylic oxidation sites excluding steroid dienone is 2. The normalized spacial score (nSPS) is 41.9. The van der Waals surface area contributed by atoms with Gasteiger partial charge in [0.15, 0.2) is 0 Å². The maximum atomic E-state index is 10.6. The van der Waals surface area contributed by atoms with Crippen LogP contribution >= 0.6 is 0 Å². The summed E-state index contributed by atoms with van der Waals surface area (Å²) in [5.74, 6) is 2.12. The first-order valence-electron chi connectivity index (χ1n) is 8.71. The molecule has 22 heavy (non-hydrogen) atoms. The lowest BCUT2D eigenvalue weighted by molar-refractivity contribution is 0.0304. The predicted molar refractivity (Wildman–Crippen MR) is 87.7 cm³/mol. The van der Waals surface area contributed by atoms with E-state index in [2.05, 4.69) is 26.0 Å². The van der Waals surface area contributed by atoms with Gasteiger partial charge < -0.3 is 10.2 Å². The van der Waals surface area contributed by atoms with Crippen molar-refractivity contribution in [3.63, 3.8) is 0 Å². The molecular weight excluding hydrogens is 272 g/mol. The first-order chi connectivity index (χ1) is 10.5. The molecule has 118 valence electrons. The van der Waals surface area contributed by atoms with Crippen molar-refractivity contribution in [2.24, 2.45) is 17.3 Å². The third-order valence-corrected chi connectivity index (χ3v) is 6.96. The molecule has 3 aliphatic carbocycles. The minimum atomic E-state index is -0.416. The molecule has 2 fully saturated rings. The van der Waals surface area contributed by atoms with E-state index in [-0.39, 0.29) is 5.75 Å². The topological polar surface area (TPSA) is 40.5 Å². The maximum Gasteiger partial charge on any atom is 0.115 e. The zero-order valence-electron chi connectivity index (χ0n) is 13.5. The summed E-state index contributed by atoms with van der Waals surface area (Å²) in [4.78, 5) is 0. The smallest absolute Gasteiger partial charge is 0.115 e. The van der Waals surface area contributed by atoms with Crippen molar-refractivity contribution in [3.8, 4) is 5.75 Å². The van der Waals surface area contributed by atoms with E-state index in [0.29, 0.717) is 23.2 Å². The number of aliphatic hydroxyl groups is 1. The quantitative estimate of drug-likeness (QED) is 0.682. The molecular formula is C20H26O2. The first-order valence-corrected chi connectivity index (χ1v) is 8.71. The van der Waals surface area contributed by atoms with Gasteiger partial charge in [0.2, 0.25) is 0 Å². The summed E-state index contributed by atoms with van der Waals surface area (Å²) in [6.07, 6.45) is 7.76. The standard InChI is InChI=1S/C20H26O2/c1-3-12-4-7-18-16-11-19(22)17-10-13(21)5-6-14(17)15(16)8-9-20(12,18)2/h3,5-6,10,15-16,18-19,21-22H,4,7-9,11H2,1-2H3/t15-,16-,18+,19?,20-/m1/s1.